The average Bonchev–Trinajstić information content (AvgIpc) is 2.99. The van der Waals surface area contributed by atoms with Gasteiger partial charge in [0.2, 0.25) is 5.91 Å². The highest BCUT2D eigenvalue weighted by atomic mass is 32.1. The molecule has 0 aliphatic heterocycles. The standard InChI is InChI=1S/C10H15N3OS/c1-2-7(11)9(14)13-10-12-8(5-15-10)6-3-4-6/h5-7H,2-4,11H2,1H3,(H,12,13,14). The molecule has 0 bridgehead atoms. The number of nitrogens with zero attached hydrogens (tertiary/aromatic N) is 1. The Bertz CT molecular complexity index is 359. The highest BCUT2D eigenvalue weighted by molar-refractivity contribution is 7.13. The third-order valence-electron chi connectivity index (χ3n) is 2.52. The average molecular weight is 225 g/mol. The molecule has 1 aliphatic rings. The van der Waals surface area contributed by atoms with Crippen LogP contribution in [-0.2, 0) is 4.79 Å². The van der Waals surface area contributed by atoms with Crippen LogP contribution >= 0.6 is 11.3 Å². The molecule has 1 saturated carbocycles. The summed E-state index contributed by atoms with van der Waals surface area (Å²) in [6, 6.07) is -0.432. The molecule has 2 rings (SSSR count). The molecular weight excluding hydrogens is 210 g/mol. The van der Waals surface area contributed by atoms with E-state index in [0.29, 0.717) is 17.5 Å². The van der Waals surface area contributed by atoms with E-state index in [1.807, 2.05) is 12.3 Å². The van der Waals surface area contributed by atoms with E-state index in [-0.39, 0.29) is 5.91 Å². The van der Waals surface area contributed by atoms with E-state index in [4.69, 9.17) is 5.73 Å². The first-order chi connectivity index (χ1) is 7.20. The van der Waals surface area contributed by atoms with Crippen LogP contribution in [0.15, 0.2) is 5.38 Å². The summed E-state index contributed by atoms with van der Waals surface area (Å²) >= 11 is 1.48. The maximum Gasteiger partial charge on any atom is 0.243 e. The number of aromatic nitrogens is 1. The fourth-order valence-electron chi connectivity index (χ4n) is 1.29. The molecule has 0 radical (unpaired) electrons. The predicted molar refractivity (Wildman–Crippen MR) is 61.0 cm³/mol. The number of amides is 1. The minimum atomic E-state index is -0.432. The number of thiazole rings is 1. The summed E-state index contributed by atoms with van der Waals surface area (Å²) in [5.41, 5.74) is 6.72. The van der Waals surface area contributed by atoms with Gasteiger partial charge in [0.25, 0.3) is 0 Å². The lowest BCUT2D eigenvalue weighted by Gasteiger charge is -2.06. The second-order valence-electron chi connectivity index (χ2n) is 3.86. The Kier molecular flexibility index (Phi) is 3.02. The molecule has 1 aromatic rings. The molecule has 1 unspecified atom stereocenters. The van der Waals surface area contributed by atoms with E-state index >= 15 is 0 Å². The van der Waals surface area contributed by atoms with E-state index in [9.17, 15) is 4.79 Å². The molecule has 0 aromatic carbocycles. The zero-order valence-corrected chi connectivity index (χ0v) is 9.51. The molecule has 1 fully saturated rings. The number of nitrogens with two attached hydrogens (primary N) is 1. The Hall–Kier alpha value is -0.940. The van der Waals surface area contributed by atoms with E-state index in [0.717, 1.165) is 5.69 Å². The van der Waals surface area contributed by atoms with Gasteiger partial charge in [-0.15, -0.1) is 11.3 Å². The van der Waals surface area contributed by atoms with Crippen molar-refractivity contribution in [3.05, 3.63) is 11.1 Å². The zero-order valence-electron chi connectivity index (χ0n) is 8.69. The van der Waals surface area contributed by atoms with Gasteiger partial charge < -0.3 is 11.1 Å². The first kappa shape index (κ1) is 10.6. The molecule has 1 amide bonds. The van der Waals surface area contributed by atoms with Crippen LogP contribution in [0.4, 0.5) is 5.13 Å². The molecule has 0 saturated heterocycles. The van der Waals surface area contributed by atoms with Gasteiger partial charge >= 0.3 is 0 Å². The molecule has 1 aromatic heterocycles. The van der Waals surface area contributed by atoms with E-state index in [1.54, 1.807) is 0 Å². The molecule has 3 N–H and O–H groups in total. The van der Waals surface area contributed by atoms with Gasteiger partial charge in [-0.2, -0.15) is 0 Å². The van der Waals surface area contributed by atoms with Crippen molar-refractivity contribution < 1.29 is 4.79 Å². The number of anilines is 1. The fourth-order valence-corrected chi connectivity index (χ4v) is 2.09. The van der Waals surface area contributed by atoms with Crippen LogP contribution in [0.3, 0.4) is 0 Å². The van der Waals surface area contributed by atoms with Gasteiger partial charge in [-0.3, -0.25) is 4.79 Å². The summed E-state index contributed by atoms with van der Waals surface area (Å²) < 4.78 is 0. The Morgan fingerprint density at radius 3 is 3.13 bits per heavy atom. The van der Waals surface area contributed by atoms with E-state index < -0.39 is 6.04 Å². The van der Waals surface area contributed by atoms with Gasteiger partial charge in [0.1, 0.15) is 0 Å². The number of rotatable bonds is 4. The number of carbonyl (C=O) groups is 1. The molecular formula is C10H15N3OS. The number of hydrogen-bond donors (Lipinski definition) is 2. The normalized spacial score (nSPS) is 17.5. The van der Waals surface area contributed by atoms with Gasteiger partial charge in [0.15, 0.2) is 5.13 Å². The monoisotopic (exact) mass is 225 g/mol. The maximum absolute atomic E-state index is 11.5. The summed E-state index contributed by atoms with van der Waals surface area (Å²) in [5, 5.41) is 5.43. The molecule has 1 heterocycles. The third kappa shape index (κ3) is 2.54. The number of hydrogen-bond acceptors (Lipinski definition) is 4. The number of nitrogens with one attached hydrogen (secondary N) is 1. The van der Waals surface area contributed by atoms with Crippen molar-refractivity contribution in [1.29, 1.82) is 0 Å². The SMILES string of the molecule is CCC(N)C(=O)Nc1nc(C2CC2)cs1. The van der Waals surface area contributed by atoms with Crippen molar-refractivity contribution in [3.8, 4) is 0 Å². The summed E-state index contributed by atoms with van der Waals surface area (Å²) in [5.74, 6) is 0.487. The largest absolute Gasteiger partial charge is 0.320 e. The molecule has 1 atom stereocenters. The Morgan fingerprint density at radius 2 is 2.53 bits per heavy atom. The van der Waals surface area contributed by atoms with Crippen molar-refractivity contribution in [1.82, 2.24) is 4.98 Å². The molecule has 5 heteroatoms. The van der Waals surface area contributed by atoms with Crippen LogP contribution in [0, 0.1) is 0 Å². The van der Waals surface area contributed by atoms with Crippen molar-refractivity contribution in [2.75, 3.05) is 5.32 Å². The highest BCUT2D eigenvalue weighted by Gasteiger charge is 2.26. The summed E-state index contributed by atoms with van der Waals surface area (Å²) in [6.07, 6.45) is 3.10. The zero-order chi connectivity index (χ0) is 10.8. The third-order valence-corrected chi connectivity index (χ3v) is 3.30. The van der Waals surface area contributed by atoms with Crippen LogP contribution in [0.5, 0.6) is 0 Å². The van der Waals surface area contributed by atoms with Gasteiger partial charge in [-0.25, -0.2) is 4.98 Å². The Morgan fingerprint density at radius 1 is 1.80 bits per heavy atom. The molecule has 82 valence electrons. The quantitative estimate of drug-likeness (QED) is 0.819. The van der Waals surface area contributed by atoms with E-state index in [2.05, 4.69) is 10.3 Å². The molecule has 1 aliphatic carbocycles. The lowest BCUT2D eigenvalue weighted by atomic mass is 10.2. The lowest BCUT2D eigenvalue weighted by molar-refractivity contribution is -0.117. The minimum absolute atomic E-state index is 0.144. The van der Waals surface area contributed by atoms with Gasteiger partial charge in [0.05, 0.1) is 11.7 Å². The second-order valence-corrected chi connectivity index (χ2v) is 4.71. The molecule has 0 spiro atoms. The van der Waals surface area contributed by atoms with Crippen LogP contribution in [0.2, 0.25) is 0 Å². The highest BCUT2D eigenvalue weighted by Crippen LogP contribution is 2.40. The Labute approximate surface area is 92.9 Å². The van der Waals surface area contributed by atoms with Crippen LogP contribution in [-0.4, -0.2) is 16.9 Å². The topological polar surface area (TPSA) is 68.0 Å². The molecule has 15 heavy (non-hydrogen) atoms. The maximum atomic E-state index is 11.5. The lowest BCUT2D eigenvalue weighted by Crippen LogP contribution is -2.34. The molecule has 4 nitrogen and oxygen atoms in total. The van der Waals surface area contributed by atoms with Crippen molar-refractivity contribution in [3.63, 3.8) is 0 Å². The first-order valence-corrected chi connectivity index (χ1v) is 6.10. The minimum Gasteiger partial charge on any atom is -0.320 e. The van der Waals surface area contributed by atoms with Crippen molar-refractivity contribution in [2.24, 2.45) is 5.73 Å². The fraction of sp³-hybridized carbons (Fsp3) is 0.600. The first-order valence-electron chi connectivity index (χ1n) is 5.22. The summed E-state index contributed by atoms with van der Waals surface area (Å²) in [7, 11) is 0. The number of carbonyl (C=O) groups excluding carboxylic acids is 1. The van der Waals surface area contributed by atoms with Gasteiger partial charge in [-0.05, 0) is 19.3 Å². The van der Waals surface area contributed by atoms with Crippen LogP contribution in [0.25, 0.3) is 0 Å². The van der Waals surface area contributed by atoms with Crippen molar-refractivity contribution in [2.45, 2.75) is 38.1 Å². The predicted octanol–water partition coefficient (Wildman–Crippen LogP) is 1.70. The van der Waals surface area contributed by atoms with Crippen molar-refractivity contribution >= 4 is 22.4 Å². The summed E-state index contributed by atoms with van der Waals surface area (Å²) in [6.45, 7) is 1.89. The van der Waals surface area contributed by atoms with Gasteiger partial charge in [-0.1, -0.05) is 6.92 Å². The van der Waals surface area contributed by atoms with E-state index in [1.165, 1.54) is 24.2 Å². The summed E-state index contributed by atoms with van der Waals surface area (Å²) in [4.78, 5) is 15.8. The second kappa shape index (κ2) is 4.28. The van der Waals surface area contributed by atoms with Gasteiger partial charge in [0, 0.05) is 11.3 Å². The van der Waals surface area contributed by atoms with Crippen LogP contribution < -0.4 is 11.1 Å². The Balaban J connectivity index is 1.95. The van der Waals surface area contributed by atoms with Crippen LogP contribution in [0.1, 0.15) is 37.8 Å². The smallest absolute Gasteiger partial charge is 0.243 e.